The molecule has 0 spiro atoms. The summed E-state index contributed by atoms with van der Waals surface area (Å²) >= 11 is 1.87. The quantitative estimate of drug-likeness (QED) is 0.470. The van der Waals surface area contributed by atoms with Gasteiger partial charge in [0.25, 0.3) is 5.69 Å². The Morgan fingerprint density at radius 2 is 2.32 bits per heavy atom. The molecule has 0 saturated carbocycles. The Labute approximate surface area is 117 Å². The Kier molecular flexibility index (Phi) is 6.16. The van der Waals surface area contributed by atoms with Gasteiger partial charge in [0.05, 0.1) is 4.92 Å². The van der Waals surface area contributed by atoms with Crippen molar-refractivity contribution >= 4 is 23.1 Å². The van der Waals surface area contributed by atoms with E-state index in [1.54, 1.807) is 6.07 Å². The van der Waals surface area contributed by atoms with E-state index in [9.17, 15) is 10.1 Å². The zero-order valence-corrected chi connectivity index (χ0v) is 11.9. The summed E-state index contributed by atoms with van der Waals surface area (Å²) < 4.78 is 0. The van der Waals surface area contributed by atoms with Crippen LogP contribution < -0.4 is 5.32 Å². The normalized spacial score (nSPS) is 11.6. The zero-order valence-electron chi connectivity index (χ0n) is 11.0. The van der Waals surface area contributed by atoms with Gasteiger partial charge >= 0.3 is 0 Å². The minimum atomic E-state index is -0.526. The number of nitro benzene ring substituents is 1. The molecule has 0 aliphatic carbocycles. The van der Waals surface area contributed by atoms with E-state index >= 15 is 0 Å². The number of rotatable bonds is 7. The molecule has 1 aromatic rings. The van der Waals surface area contributed by atoms with Gasteiger partial charge in [0.15, 0.2) is 0 Å². The van der Waals surface area contributed by atoms with Crippen molar-refractivity contribution in [1.82, 2.24) is 0 Å². The van der Waals surface area contributed by atoms with Crippen LogP contribution in [0.4, 0.5) is 11.4 Å². The van der Waals surface area contributed by atoms with Crippen LogP contribution in [0, 0.1) is 21.4 Å². The molecule has 102 valence electrons. The first-order chi connectivity index (χ1) is 9.08. The molecule has 0 fully saturated rings. The van der Waals surface area contributed by atoms with Crippen LogP contribution in [0.25, 0.3) is 0 Å². The number of benzene rings is 1. The van der Waals surface area contributed by atoms with Crippen molar-refractivity contribution in [2.75, 3.05) is 16.8 Å². The summed E-state index contributed by atoms with van der Waals surface area (Å²) in [6.45, 7) is 4.16. The minimum Gasteiger partial charge on any atom is -0.382 e. The number of anilines is 1. The molecule has 0 aliphatic heterocycles. The molecule has 0 radical (unpaired) electrons. The number of nitriles is 1. The van der Waals surface area contributed by atoms with Crippen LogP contribution in [0.15, 0.2) is 18.2 Å². The van der Waals surface area contributed by atoms with E-state index in [-0.39, 0.29) is 17.3 Å². The maximum atomic E-state index is 10.9. The second-order valence-electron chi connectivity index (χ2n) is 4.13. The number of nitrogens with zero attached hydrogens (tertiary/aromatic N) is 2. The number of hydrogen-bond acceptors (Lipinski definition) is 5. The molecule has 0 saturated heterocycles. The fourth-order valence-electron chi connectivity index (χ4n) is 1.63. The first-order valence-electron chi connectivity index (χ1n) is 6.11. The van der Waals surface area contributed by atoms with Crippen molar-refractivity contribution in [2.45, 2.75) is 26.3 Å². The molecule has 1 atom stereocenters. The summed E-state index contributed by atoms with van der Waals surface area (Å²) in [5, 5.41) is 22.9. The first-order valence-corrected chi connectivity index (χ1v) is 7.26. The lowest BCUT2D eigenvalue weighted by molar-refractivity contribution is -0.385. The highest BCUT2D eigenvalue weighted by Gasteiger charge is 2.14. The number of nitrogens with one attached hydrogen (secondary N) is 1. The van der Waals surface area contributed by atoms with E-state index in [1.807, 2.05) is 24.8 Å². The molecule has 5 nitrogen and oxygen atoms in total. The predicted molar refractivity (Wildman–Crippen MR) is 78.5 cm³/mol. The van der Waals surface area contributed by atoms with Crippen molar-refractivity contribution in [2.24, 2.45) is 0 Å². The molecule has 1 aromatic carbocycles. The Bertz CT molecular complexity index is 485. The highest BCUT2D eigenvalue weighted by atomic mass is 32.2. The third-order valence-electron chi connectivity index (χ3n) is 2.63. The maximum absolute atomic E-state index is 10.9. The zero-order chi connectivity index (χ0) is 14.3. The molecule has 0 aliphatic rings. The van der Waals surface area contributed by atoms with Gasteiger partial charge in [-0.2, -0.15) is 17.0 Å². The van der Waals surface area contributed by atoms with Crippen LogP contribution in [-0.4, -0.2) is 22.5 Å². The summed E-state index contributed by atoms with van der Waals surface area (Å²) in [5.74, 6) is 2.15. The largest absolute Gasteiger partial charge is 0.382 e. The van der Waals surface area contributed by atoms with Gasteiger partial charge < -0.3 is 5.32 Å². The van der Waals surface area contributed by atoms with Gasteiger partial charge in [0, 0.05) is 17.8 Å². The molecule has 1 unspecified atom stereocenters. The van der Waals surface area contributed by atoms with Crippen LogP contribution >= 0.6 is 11.8 Å². The van der Waals surface area contributed by atoms with Crippen LogP contribution in [0.3, 0.4) is 0 Å². The summed E-state index contributed by atoms with van der Waals surface area (Å²) in [6, 6.07) is 6.67. The fourth-order valence-corrected chi connectivity index (χ4v) is 2.44. The molecule has 6 heteroatoms. The number of thioether (sulfide) groups is 1. The van der Waals surface area contributed by atoms with Gasteiger partial charge in [0.2, 0.25) is 0 Å². The third kappa shape index (κ3) is 4.79. The van der Waals surface area contributed by atoms with E-state index in [0.29, 0.717) is 5.69 Å². The van der Waals surface area contributed by atoms with Crippen molar-refractivity contribution in [3.05, 3.63) is 33.9 Å². The van der Waals surface area contributed by atoms with Gasteiger partial charge in [-0.05, 0) is 37.0 Å². The van der Waals surface area contributed by atoms with E-state index in [4.69, 9.17) is 5.26 Å². The number of hydrogen-bond donors (Lipinski definition) is 1. The van der Waals surface area contributed by atoms with E-state index in [0.717, 1.165) is 17.9 Å². The molecular formula is C13H17N3O2S. The van der Waals surface area contributed by atoms with Gasteiger partial charge in [-0.25, -0.2) is 0 Å². The third-order valence-corrected chi connectivity index (χ3v) is 3.56. The van der Waals surface area contributed by atoms with Crippen LogP contribution in [-0.2, 0) is 0 Å². The average Bonchev–Trinajstić information content (AvgIpc) is 2.39. The molecule has 1 N–H and O–H groups in total. The summed E-state index contributed by atoms with van der Waals surface area (Å²) in [4.78, 5) is 10.3. The van der Waals surface area contributed by atoms with E-state index in [1.165, 1.54) is 12.1 Å². The van der Waals surface area contributed by atoms with Crippen molar-refractivity contribution in [1.29, 1.82) is 5.26 Å². The minimum absolute atomic E-state index is 0.0877. The SMILES string of the molecule is CCSCCC(C)Nc1ccc(C#N)c([N+](=O)[O-])c1. The lowest BCUT2D eigenvalue weighted by Crippen LogP contribution is -2.16. The van der Waals surface area contributed by atoms with Gasteiger partial charge in [-0.1, -0.05) is 6.92 Å². The van der Waals surface area contributed by atoms with Crippen LogP contribution in [0.1, 0.15) is 25.8 Å². The molecule has 1 rings (SSSR count). The van der Waals surface area contributed by atoms with Crippen molar-refractivity contribution < 1.29 is 4.92 Å². The highest BCUT2D eigenvalue weighted by Crippen LogP contribution is 2.23. The first kappa shape index (κ1) is 15.3. The van der Waals surface area contributed by atoms with Crippen molar-refractivity contribution in [3.63, 3.8) is 0 Å². The Balaban J connectivity index is 2.72. The Morgan fingerprint density at radius 3 is 2.89 bits per heavy atom. The predicted octanol–water partition coefficient (Wildman–Crippen LogP) is 3.41. The maximum Gasteiger partial charge on any atom is 0.289 e. The van der Waals surface area contributed by atoms with Gasteiger partial charge in [-0.3, -0.25) is 10.1 Å². The molecule has 19 heavy (non-hydrogen) atoms. The van der Waals surface area contributed by atoms with Crippen molar-refractivity contribution in [3.8, 4) is 6.07 Å². The monoisotopic (exact) mass is 279 g/mol. The molecular weight excluding hydrogens is 262 g/mol. The summed E-state index contributed by atoms with van der Waals surface area (Å²) in [6.07, 6.45) is 0.992. The van der Waals surface area contributed by atoms with Gasteiger partial charge in [-0.15, -0.1) is 0 Å². The summed E-state index contributed by atoms with van der Waals surface area (Å²) in [7, 11) is 0. The van der Waals surface area contributed by atoms with Gasteiger partial charge in [0.1, 0.15) is 11.6 Å². The fraction of sp³-hybridized carbons (Fsp3) is 0.462. The summed E-state index contributed by atoms with van der Waals surface area (Å²) in [5.41, 5.74) is 0.618. The van der Waals surface area contributed by atoms with Crippen LogP contribution in [0.5, 0.6) is 0 Å². The Hall–Kier alpha value is -1.74. The standard InChI is InChI=1S/C13H17N3O2S/c1-3-19-7-6-10(2)15-12-5-4-11(9-14)13(8-12)16(17)18/h4-5,8,10,15H,3,6-7H2,1-2H3. The molecule has 0 aromatic heterocycles. The molecule has 0 heterocycles. The highest BCUT2D eigenvalue weighted by molar-refractivity contribution is 7.99. The lowest BCUT2D eigenvalue weighted by atomic mass is 10.1. The second kappa shape index (κ2) is 7.64. The van der Waals surface area contributed by atoms with Crippen LogP contribution in [0.2, 0.25) is 0 Å². The molecule has 0 bridgehead atoms. The van der Waals surface area contributed by atoms with E-state index in [2.05, 4.69) is 12.2 Å². The smallest absolute Gasteiger partial charge is 0.289 e. The van der Waals surface area contributed by atoms with E-state index < -0.39 is 4.92 Å². The second-order valence-corrected chi connectivity index (χ2v) is 5.53. The topological polar surface area (TPSA) is 79.0 Å². The molecule has 0 amide bonds. The average molecular weight is 279 g/mol. The number of nitro groups is 1. The Morgan fingerprint density at radius 1 is 1.58 bits per heavy atom. The lowest BCUT2D eigenvalue weighted by Gasteiger charge is -2.14.